The Morgan fingerprint density at radius 3 is 2.70 bits per heavy atom. The van der Waals surface area contributed by atoms with E-state index in [1.165, 1.54) is 28.2 Å². The van der Waals surface area contributed by atoms with Crippen molar-refractivity contribution >= 4 is 30.5 Å². The number of hydrogen-bond acceptors (Lipinski definition) is 5. The SMILES string of the molecule is CNCC1=CN(c2ccc3n2[B]N2C(=C3c3ccc(N)cc3)C=CC2=[N+]2CCc3ccccc3C2)NN1. The number of fused-ring (bicyclic) bond motifs is 3. The van der Waals surface area contributed by atoms with Crippen molar-refractivity contribution in [1.29, 1.82) is 0 Å². The van der Waals surface area contributed by atoms with Gasteiger partial charge in [0.2, 0.25) is 0 Å². The van der Waals surface area contributed by atoms with Gasteiger partial charge in [-0.3, -0.25) is 9.39 Å². The highest BCUT2D eigenvalue weighted by Gasteiger charge is 2.41. The fourth-order valence-electron chi connectivity index (χ4n) is 5.62. The summed E-state index contributed by atoms with van der Waals surface area (Å²) in [6, 6.07) is 21.3. The highest BCUT2D eigenvalue weighted by atomic mass is 15.7. The second-order valence-electron chi connectivity index (χ2n) is 9.74. The highest BCUT2D eigenvalue weighted by molar-refractivity contribution is 6.41. The van der Waals surface area contributed by atoms with E-state index in [1.807, 2.05) is 24.2 Å². The van der Waals surface area contributed by atoms with E-state index in [2.05, 4.69) is 105 Å². The standard InChI is InChI=1S/C28H28BN8/c1-31-16-23-18-35(33-32-23)27-13-11-25-28(20-6-8-22(30)9-7-20)24-10-12-26(36(24)29-37(25)27)34-15-14-19-4-2-3-5-21(19)17-34/h2-13,18,30-33H,14-17H2,1H3/p+1. The van der Waals surface area contributed by atoms with Gasteiger partial charge in [-0.15, -0.1) is 5.53 Å². The van der Waals surface area contributed by atoms with E-state index >= 15 is 0 Å². The summed E-state index contributed by atoms with van der Waals surface area (Å²) in [5, 5.41) is 5.22. The normalized spacial score (nSPS) is 19.9. The Bertz CT molecular complexity index is 1510. The zero-order chi connectivity index (χ0) is 24.9. The van der Waals surface area contributed by atoms with Gasteiger partial charge in [-0.05, 0) is 54.1 Å². The first-order valence-electron chi connectivity index (χ1n) is 12.7. The predicted octanol–water partition coefficient (Wildman–Crippen LogP) is 2.15. The number of aromatic nitrogens is 1. The maximum Gasteiger partial charge on any atom is 0.553 e. The number of nitrogens with two attached hydrogens (primary N) is 1. The molecule has 0 saturated heterocycles. The van der Waals surface area contributed by atoms with E-state index in [0.717, 1.165) is 54.5 Å². The van der Waals surface area contributed by atoms with Crippen molar-refractivity contribution in [3.63, 3.8) is 0 Å². The number of hydrazine groups is 2. The molecule has 4 aliphatic heterocycles. The minimum atomic E-state index is 0.756. The molecule has 8 nitrogen and oxygen atoms in total. The fourth-order valence-corrected chi connectivity index (χ4v) is 5.62. The quantitative estimate of drug-likeness (QED) is 0.256. The van der Waals surface area contributed by atoms with Crippen LogP contribution in [0.15, 0.2) is 90.4 Å². The van der Waals surface area contributed by atoms with Gasteiger partial charge < -0.3 is 21.0 Å². The highest BCUT2D eigenvalue weighted by Crippen LogP contribution is 2.38. The molecule has 0 amide bonds. The topological polar surface area (TPSA) is 76.5 Å². The Balaban J connectivity index is 1.34. The third-order valence-corrected chi connectivity index (χ3v) is 7.43. The fraction of sp³-hybridized carbons (Fsp3) is 0.179. The molecule has 1 aromatic heterocycles. The summed E-state index contributed by atoms with van der Waals surface area (Å²) in [6.07, 6.45) is 7.63. The van der Waals surface area contributed by atoms with Gasteiger partial charge >= 0.3 is 7.55 Å². The van der Waals surface area contributed by atoms with Crippen LogP contribution in [-0.4, -0.2) is 47.4 Å². The average molecular weight is 488 g/mol. The molecule has 4 aliphatic rings. The lowest BCUT2D eigenvalue weighted by Gasteiger charge is -2.29. The Kier molecular flexibility index (Phi) is 5.19. The van der Waals surface area contributed by atoms with Crippen LogP contribution in [0.1, 0.15) is 22.4 Å². The van der Waals surface area contributed by atoms with E-state index in [1.54, 1.807) is 0 Å². The molecule has 0 fully saturated rings. The van der Waals surface area contributed by atoms with Crippen molar-refractivity contribution in [2.24, 2.45) is 0 Å². The van der Waals surface area contributed by atoms with Crippen LogP contribution in [0, 0.1) is 0 Å². The first-order valence-corrected chi connectivity index (χ1v) is 12.7. The van der Waals surface area contributed by atoms with Gasteiger partial charge in [0, 0.05) is 42.2 Å². The van der Waals surface area contributed by atoms with E-state index in [9.17, 15) is 0 Å². The lowest BCUT2D eigenvalue weighted by Crippen LogP contribution is -2.45. The summed E-state index contributed by atoms with van der Waals surface area (Å²) < 4.78 is 4.74. The minimum Gasteiger partial charge on any atom is -0.399 e. The van der Waals surface area contributed by atoms with Gasteiger partial charge in [0.1, 0.15) is 18.1 Å². The zero-order valence-electron chi connectivity index (χ0n) is 20.8. The molecule has 2 aromatic carbocycles. The van der Waals surface area contributed by atoms with Crippen molar-refractivity contribution in [3.8, 4) is 0 Å². The summed E-state index contributed by atoms with van der Waals surface area (Å²) >= 11 is 0. The number of hydrogen-bond donors (Lipinski definition) is 4. The van der Waals surface area contributed by atoms with Crippen LogP contribution in [0.25, 0.3) is 5.57 Å². The summed E-state index contributed by atoms with van der Waals surface area (Å²) in [5.41, 5.74) is 21.9. The summed E-state index contributed by atoms with van der Waals surface area (Å²) in [4.78, 5) is 2.33. The smallest absolute Gasteiger partial charge is 0.399 e. The summed E-state index contributed by atoms with van der Waals surface area (Å²) in [6.45, 7) is 2.65. The second-order valence-corrected chi connectivity index (χ2v) is 9.74. The molecule has 0 unspecified atom stereocenters. The number of likely N-dealkylation sites (N-methyl/N-ethyl adjacent to an activating group) is 1. The number of nitrogens with zero attached hydrogens (tertiary/aromatic N) is 4. The Hall–Kier alpha value is -4.21. The van der Waals surface area contributed by atoms with Crippen LogP contribution in [0.2, 0.25) is 0 Å². The zero-order valence-corrected chi connectivity index (χ0v) is 20.8. The van der Waals surface area contributed by atoms with Gasteiger partial charge in [0.15, 0.2) is 0 Å². The van der Waals surface area contributed by atoms with E-state index in [-0.39, 0.29) is 0 Å². The van der Waals surface area contributed by atoms with Gasteiger partial charge in [0.25, 0.3) is 5.84 Å². The Labute approximate surface area is 217 Å². The molecule has 0 aliphatic carbocycles. The van der Waals surface area contributed by atoms with Crippen LogP contribution in [0.4, 0.5) is 11.5 Å². The lowest BCUT2D eigenvalue weighted by atomic mass is 9.91. The lowest BCUT2D eigenvalue weighted by molar-refractivity contribution is -0.550. The number of nitrogens with one attached hydrogen (secondary N) is 3. The molecule has 183 valence electrons. The number of rotatable bonds is 4. The number of anilines is 2. The minimum absolute atomic E-state index is 0.756. The van der Waals surface area contributed by atoms with Crippen molar-refractivity contribution in [2.75, 3.05) is 30.9 Å². The first kappa shape index (κ1) is 22.0. The molecule has 0 spiro atoms. The Morgan fingerprint density at radius 1 is 1.03 bits per heavy atom. The van der Waals surface area contributed by atoms with Crippen molar-refractivity contribution in [2.45, 2.75) is 13.0 Å². The number of nitrogen functional groups attached to an aromatic ring is 1. The van der Waals surface area contributed by atoms with Crippen LogP contribution >= 0.6 is 0 Å². The van der Waals surface area contributed by atoms with Gasteiger partial charge in [0.05, 0.1) is 12.2 Å². The molecule has 0 atom stereocenters. The van der Waals surface area contributed by atoms with Crippen LogP contribution in [0.3, 0.4) is 0 Å². The van der Waals surface area contributed by atoms with Gasteiger partial charge in [-0.1, -0.05) is 36.4 Å². The summed E-state index contributed by atoms with van der Waals surface area (Å²) in [5.74, 6) is 2.22. The molecule has 0 saturated carbocycles. The largest absolute Gasteiger partial charge is 0.553 e. The first-order chi connectivity index (χ1) is 18.2. The van der Waals surface area contributed by atoms with E-state index < -0.39 is 0 Å². The maximum absolute atomic E-state index is 6.04. The average Bonchev–Trinajstić information content (AvgIpc) is 3.66. The molecular weight excluding hydrogens is 459 g/mol. The second kappa shape index (κ2) is 8.72. The van der Waals surface area contributed by atoms with Crippen LogP contribution < -0.4 is 27.0 Å². The number of allylic oxidation sites excluding steroid dienone is 1. The number of benzene rings is 2. The summed E-state index contributed by atoms with van der Waals surface area (Å²) in [7, 11) is 4.16. The van der Waals surface area contributed by atoms with Gasteiger partial charge in [-0.2, -0.15) is 0 Å². The van der Waals surface area contributed by atoms with Crippen molar-refractivity contribution in [3.05, 3.63) is 113 Å². The number of amidine groups is 1. The molecule has 5 heterocycles. The van der Waals surface area contributed by atoms with Crippen molar-refractivity contribution in [1.82, 2.24) is 25.6 Å². The third kappa shape index (κ3) is 3.66. The molecule has 5 N–H and O–H groups in total. The predicted molar refractivity (Wildman–Crippen MR) is 148 cm³/mol. The molecule has 37 heavy (non-hydrogen) atoms. The van der Waals surface area contributed by atoms with Crippen LogP contribution in [-0.2, 0) is 13.0 Å². The molecule has 0 bridgehead atoms. The molecule has 3 aromatic rings. The molecular formula is C28H29BN8+. The molecule has 1 radical (unpaired) electrons. The van der Waals surface area contributed by atoms with Crippen molar-refractivity contribution < 1.29 is 4.58 Å². The van der Waals surface area contributed by atoms with E-state index in [4.69, 9.17) is 5.73 Å². The monoisotopic (exact) mass is 488 g/mol. The molecule has 9 heteroatoms. The van der Waals surface area contributed by atoms with E-state index in [0.29, 0.717) is 0 Å². The van der Waals surface area contributed by atoms with Crippen LogP contribution in [0.5, 0.6) is 0 Å². The van der Waals surface area contributed by atoms with Gasteiger partial charge in [-0.25, -0.2) is 5.01 Å². The molecule has 7 rings (SSSR count). The Morgan fingerprint density at radius 2 is 1.86 bits per heavy atom. The maximum atomic E-state index is 6.04. The third-order valence-electron chi connectivity index (χ3n) is 7.43.